The Labute approximate surface area is 109 Å². The van der Waals surface area contributed by atoms with E-state index in [4.69, 9.17) is 9.47 Å². The van der Waals surface area contributed by atoms with Gasteiger partial charge in [0, 0.05) is 31.2 Å². The average Bonchev–Trinajstić information content (AvgIpc) is 2.38. The van der Waals surface area contributed by atoms with Crippen LogP contribution in [-0.2, 0) is 0 Å². The predicted molar refractivity (Wildman–Crippen MR) is 73.8 cm³/mol. The molecule has 4 heteroatoms. The van der Waals surface area contributed by atoms with Crippen molar-refractivity contribution in [1.82, 2.24) is 5.32 Å². The molecule has 1 aromatic carbocycles. The Kier molecular flexibility index (Phi) is 3.97. The molecule has 1 saturated heterocycles. The highest BCUT2D eigenvalue weighted by molar-refractivity contribution is 5.63. The summed E-state index contributed by atoms with van der Waals surface area (Å²) in [5, 5.41) is 3.44. The zero-order valence-corrected chi connectivity index (χ0v) is 11.6. The first-order valence-electron chi connectivity index (χ1n) is 6.38. The lowest BCUT2D eigenvalue weighted by Crippen LogP contribution is -2.55. The quantitative estimate of drug-likeness (QED) is 0.888. The van der Waals surface area contributed by atoms with Crippen LogP contribution in [0.15, 0.2) is 18.2 Å². The number of piperazine rings is 1. The van der Waals surface area contributed by atoms with Crippen LogP contribution in [0.2, 0.25) is 0 Å². The summed E-state index contributed by atoms with van der Waals surface area (Å²) in [4.78, 5) is 2.40. The Morgan fingerprint density at radius 1 is 1.11 bits per heavy atom. The SMILES string of the molecule is COc1ccc(OC)c(N2C(C)CNCC2C)c1. The second-order valence-corrected chi connectivity index (χ2v) is 4.80. The van der Waals surface area contributed by atoms with Crippen LogP contribution in [0.5, 0.6) is 11.5 Å². The van der Waals surface area contributed by atoms with Crippen LogP contribution in [-0.4, -0.2) is 39.4 Å². The first-order valence-corrected chi connectivity index (χ1v) is 6.38. The van der Waals surface area contributed by atoms with E-state index in [9.17, 15) is 0 Å². The third kappa shape index (κ3) is 2.38. The fraction of sp³-hybridized carbons (Fsp3) is 0.571. The average molecular weight is 250 g/mol. The molecule has 0 saturated carbocycles. The number of hydrogen-bond donors (Lipinski definition) is 1. The predicted octanol–water partition coefficient (Wildman–Crippen LogP) is 1.89. The maximum atomic E-state index is 5.48. The maximum Gasteiger partial charge on any atom is 0.142 e. The van der Waals surface area contributed by atoms with Crippen LogP contribution in [0, 0.1) is 0 Å². The van der Waals surface area contributed by atoms with Gasteiger partial charge in [0.15, 0.2) is 0 Å². The Morgan fingerprint density at radius 3 is 2.33 bits per heavy atom. The van der Waals surface area contributed by atoms with E-state index >= 15 is 0 Å². The van der Waals surface area contributed by atoms with Crippen molar-refractivity contribution < 1.29 is 9.47 Å². The number of ether oxygens (including phenoxy) is 2. The molecule has 1 aromatic rings. The molecule has 100 valence electrons. The van der Waals surface area contributed by atoms with Crippen molar-refractivity contribution in [2.24, 2.45) is 0 Å². The number of nitrogens with zero attached hydrogens (tertiary/aromatic N) is 1. The van der Waals surface area contributed by atoms with Gasteiger partial charge in [-0.1, -0.05) is 0 Å². The Bertz CT molecular complexity index is 399. The molecule has 2 unspecified atom stereocenters. The van der Waals surface area contributed by atoms with E-state index in [-0.39, 0.29) is 0 Å². The minimum atomic E-state index is 0.440. The molecule has 0 bridgehead atoms. The summed E-state index contributed by atoms with van der Waals surface area (Å²) in [5.41, 5.74) is 1.11. The number of methoxy groups -OCH3 is 2. The molecule has 1 heterocycles. The molecule has 1 fully saturated rings. The molecule has 18 heavy (non-hydrogen) atoms. The molecule has 4 nitrogen and oxygen atoms in total. The molecule has 1 aliphatic rings. The van der Waals surface area contributed by atoms with E-state index in [1.165, 1.54) is 0 Å². The first kappa shape index (κ1) is 13.0. The summed E-state index contributed by atoms with van der Waals surface area (Å²) in [6.07, 6.45) is 0. The van der Waals surface area contributed by atoms with Crippen molar-refractivity contribution in [3.63, 3.8) is 0 Å². The van der Waals surface area contributed by atoms with Gasteiger partial charge in [0.25, 0.3) is 0 Å². The molecule has 2 rings (SSSR count). The van der Waals surface area contributed by atoms with Crippen molar-refractivity contribution in [3.05, 3.63) is 18.2 Å². The van der Waals surface area contributed by atoms with Gasteiger partial charge in [0.2, 0.25) is 0 Å². The summed E-state index contributed by atoms with van der Waals surface area (Å²) < 4.78 is 10.8. The van der Waals surface area contributed by atoms with Crippen LogP contribution in [0.25, 0.3) is 0 Å². The molecule has 0 amide bonds. The van der Waals surface area contributed by atoms with Crippen molar-refractivity contribution in [1.29, 1.82) is 0 Å². The minimum Gasteiger partial charge on any atom is -0.497 e. The van der Waals surface area contributed by atoms with Crippen molar-refractivity contribution in [3.8, 4) is 11.5 Å². The van der Waals surface area contributed by atoms with Crippen molar-refractivity contribution in [2.75, 3.05) is 32.2 Å². The lowest BCUT2D eigenvalue weighted by molar-refractivity contribution is 0.389. The van der Waals surface area contributed by atoms with E-state index in [1.54, 1.807) is 14.2 Å². The summed E-state index contributed by atoms with van der Waals surface area (Å²) in [5.74, 6) is 1.76. The van der Waals surface area contributed by atoms with Gasteiger partial charge in [-0.05, 0) is 26.0 Å². The zero-order chi connectivity index (χ0) is 13.1. The number of rotatable bonds is 3. The highest BCUT2D eigenvalue weighted by atomic mass is 16.5. The smallest absolute Gasteiger partial charge is 0.142 e. The molecule has 0 aromatic heterocycles. The summed E-state index contributed by atoms with van der Waals surface area (Å²) in [6, 6.07) is 6.83. The van der Waals surface area contributed by atoms with Crippen LogP contribution in [0.3, 0.4) is 0 Å². The second-order valence-electron chi connectivity index (χ2n) is 4.80. The van der Waals surface area contributed by atoms with E-state index < -0.39 is 0 Å². The fourth-order valence-electron chi connectivity index (χ4n) is 2.61. The largest absolute Gasteiger partial charge is 0.497 e. The van der Waals surface area contributed by atoms with Crippen molar-refractivity contribution in [2.45, 2.75) is 25.9 Å². The van der Waals surface area contributed by atoms with Gasteiger partial charge < -0.3 is 19.7 Å². The molecule has 2 atom stereocenters. The van der Waals surface area contributed by atoms with E-state index in [0.717, 1.165) is 30.3 Å². The van der Waals surface area contributed by atoms with Gasteiger partial charge in [-0.3, -0.25) is 0 Å². The van der Waals surface area contributed by atoms with Gasteiger partial charge in [-0.15, -0.1) is 0 Å². The summed E-state index contributed by atoms with van der Waals surface area (Å²) in [6.45, 7) is 6.43. The fourth-order valence-corrected chi connectivity index (χ4v) is 2.61. The highest BCUT2D eigenvalue weighted by Crippen LogP contribution is 2.35. The molecule has 0 aliphatic carbocycles. The summed E-state index contributed by atoms with van der Waals surface area (Å²) >= 11 is 0. The van der Waals surface area contributed by atoms with Gasteiger partial charge in [0.05, 0.1) is 19.9 Å². The number of nitrogens with one attached hydrogen (secondary N) is 1. The van der Waals surface area contributed by atoms with Crippen LogP contribution in [0.4, 0.5) is 5.69 Å². The van der Waals surface area contributed by atoms with Gasteiger partial charge >= 0.3 is 0 Å². The Morgan fingerprint density at radius 2 is 1.78 bits per heavy atom. The molecule has 1 N–H and O–H groups in total. The first-order chi connectivity index (χ1) is 8.67. The molecular weight excluding hydrogens is 228 g/mol. The topological polar surface area (TPSA) is 33.7 Å². The number of anilines is 1. The standard InChI is InChI=1S/C14H22N2O2/c1-10-8-15-9-11(2)16(10)13-7-12(17-3)5-6-14(13)18-4/h5-7,10-11,15H,8-9H2,1-4H3. The van der Waals surface area contributed by atoms with Crippen LogP contribution in [0.1, 0.15) is 13.8 Å². The lowest BCUT2D eigenvalue weighted by Gasteiger charge is -2.41. The second kappa shape index (κ2) is 5.48. The van der Waals surface area contributed by atoms with E-state index in [0.29, 0.717) is 12.1 Å². The zero-order valence-electron chi connectivity index (χ0n) is 11.6. The maximum absolute atomic E-state index is 5.48. The minimum absolute atomic E-state index is 0.440. The van der Waals surface area contributed by atoms with Gasteiger partial charge in [0.1, 0.15) is 11.5 Å². The summed E-state index contributed by atoms with van der Waals surface area (Å²) in [7, 11) is 3.40. The highest BCUT2D eigenvalue weighted by Gasteiger charge is 2.27. The normalized spacial score (nSPS) is 23.9. The lowest BCUT2D eigenvalue weighted by atomic mass is 10.1. The van der Waals surface area contributed by atoms with Crippen LogP contribution < -0.4 is 19.7 Å². The van der Waals surface area contributed by atoms with E-state index in [1.807, 2.05) is 12.1 Å². The van der Waals surface area contributed by atoms with Crippen molar-refractivity contribution >= 4 is 5.69 Å². The number of benzene rings is 1. The Balaban J connectivity index is 2.40. The molecular formula is C14H22N2O2. The monoisotopic (exact) mass is 250 g/mol. The number of hydrogen-bond acceptors (Lipinski definition) is 4. The van der Waals surface area contributed by atoms with E-state index in [2.05, 4.69) is 30.1 Å². The molecule has 0 spiro atoms. The van der Waals surface area contributed by atoms with Gasteiger partial charge in [-0.25, -0.2) is 0 Å². The van der Waals surface area contributed by atoms with Crippen LogP contribution >= 0.6 is 0 Å². The third-order valence-electron chi connectivity index (χ3n) is 3.49. The Hall–Kier alpha value is -1.42. The molecule has 0 radical (unpaired) electrons. The van der Waals surface area contributed by atoms with Gasteiger partial charge in [-0.2, -0.15) is 0 Å². The third-order valence-corrected chi connectivity index (χ3v) is 3.49. The molecule has 1 aliphatic heterocycles.